The normalized spacial score (nSPS) is 17.7. The zero-order chi connectivity index (χ0) is 90.1. The van der Waals surface area contributed by atoms with E-state index in [2.05, 4.69) is 52.2 Å². The summed E-state index contributed by atoms with van der Waals surface area (Å²) in [7, 11) is -11.1. The molecule has 1 saturated heterocycles. The van der Waals surface area contributed by atoms with Crippen molar-refractivity contribution in [3.8, 4) is 0 Å². The fourth-order valence-electron chi connectivity index (χ4n) is 15.7. The zero-order valence-electron chi connectivity index (χ0n) is 77.3. The third-order valence-corrected chi connectivity index (χ3v) is 24.2. The summed E-state index contributed by atoms with van der Waals surface area (Å²) in [6.45, 7) is 11.2. The molecule has 10 N–H and O–H groups in total. The van der Waals surface area contributed by atoms with Crippen molar-refractivity contribution in [3.63, 3.8) is 0 Å². The summed E-state index contributed by atoms with van der Waals surface area (Å²) < 4.78 is 78.8. The first kappa shape index (κ1) is 117. The molecule has 1 aliphatic heterocycles. The van der Waals surface area contributed by atoms with Crippen molar-refractivity contribution < 1.29 is 120 Å². The standard InChI is InChI=1S/C93H178N2O25P2/c1-8-14-20-26-32-38-44-50-56-62-76(97)68-87(103)112-73-80(94-83(99)70-78(64-58-52-46-40-34-28-22-16-10-3)114-85(101)66-60-54-48-42-36-30-24-18-12-5)92(116-81(72-96)75(7)119-121(106,107)108)113-74-82-90(105)91(118-88(104)69-77(98)63-57-51-45-39-33-27-21-15-9-2)89(93(117-82)120-122(109,110)111)95-84(100)71-79(65-59-53-47-41-35-29-23-17-11-4)115-86(102)67-61-55-49-43-37-31-25-19-13-6/h75-82,89-93,96-98,105H,8-74H2,1-7H3,(H,94,99)(H,95,100)(H2,106,107,108)(H2,109,110,111)/t75-,76+,77+,78+,79+,80-,81?,82?,89?,90+,91+,92+,93+/m0/s1. The first-order chi connectivity index (χ1) is 58.7. The summed E-state index contributed by atoms with van der Waals surface area (Å²) in [5.41, 5.74) is 0. The van der Waals surface area contributed by atoms with E-state index < -0.39 is 176 Å². The number of ether oxygens (including phenoxy) is 7. The number of phosphoric acid groups is 2. The minimum atomic E-state index is -5.72. The lowest BCUT2D eigenvalue weighted by atomic mass is 9.96. The van der Waals surface area contributed by atoms with Crippen LogP contribution in [0.1, 0.15) is 459 Å². The topological polar surface area (TPSA) is 406 Å². The molecule has 1 heterocycles. The number of unbranched alkanes of at least 4 members (excludes halogenated alkanes) is 48. The van der Waals surface area contributed by atoms with Gasteiger partial charge in [0.2, 0.25) is 11.8 Å². The molecule has 720 valence electrons. The third kappa shape index (κ3) is 67.0. The van der Waals surface area contributed by atoms with E-state index in [0.29, 0.717) is 38.5 Å². The van der Waals surface area contributed by atoms with E-state index in [1.54, 1.807) is 0 Å². The number of carbonyl (C=O) groups excluding carboxylic acids is 6. The number of hydrogen-bond donors (Lipinski definition) is 10. The van der Waals surface area contributed by atoms with E-state index in [0.717, 1.165) is 264 Å². The van der Waals surface area contributed by atoms with Crippen LogP contribution in [0.5, 0.6) is 0 Å². The maximum atomic E-state index is 14.9. The van der Waals surface area contributed by atoms with E-state index >= 15 is 0 Å². The molecule has 27 nitrogen and oxygen atoms in total. The molecule has 29 heteroatoms. The highest BCUT2D eigenvalue weighted by Gasteiger charge is 2.52. The van der Waals surface area contributed by atoms with Gasteiger partial charge >= 0.3 is 39.5 Å². The van der Waals surface area contributed by atoms with Crippen LogP contribution in [0.25, 0.3) is 0 Å². The molecule has 1 fully saturated rings. The van der Waals surface area contributed by atoms with Crippen LogP contribution in [0, 0.1) is 0 Å². The van der Waals surface area contributed by atoms with Crippen molar-refractivity contribution >= 4 is 51.3 Å². The van der Waals surface area contributed by atoms with Gasteiger partial charge in [-0.15, -0.1) is 0 Å². The summed E-state index contributed by atoms with van der Waals surface area (Å²) in [6, 6.07) is -3.69. The number of carbonyl (C=O) groups is 6. The van der Waals surface area contributed by atoms with Gasteiger partial charge in [0.05, 0.1) is 57.2 Å². The highest BCUT2D eigenvalue weighted by Crippen LogP contribution is 2.42. The molecule has 0 bridgehead atoms. The Hall–Kier alpha value is -3.24. The summed E-state index contributed by atoms with van der Waals surface area (Å²) >= 11 is 0. The van der Waals surface area contributed by atoms with Gasteiger partial charge in [-0.25, -0.2) is 9.13 Å². The van der Waals surface area contributed by atoms with Crippen LogP contribution in [-0.4, -0.2) is 175 Å². The van der Waals surface area contributed by atoms with Crippen LogP contribution < -0.4 is 10.6 Å². The smallest absolute Gasteiger partial charge is 0.463 e. The number of phosphoric ester groups is 2. The average molecular weight is 1790 g/mol. The van der Waals surface area contributed by atoms with E-state index in [-0.39, 0.29) is 38.5 Å². The molecule has 13 atom stereocenters. The second kappa shape index (κ2) is 77.7. The van der Waals surface area contributed by atoms with Crippen molar-refractivity contribution in [2.75, 3.05) is 19.8 Å². The summed E-state index contributed by atoms with van der Waals surface area (Å²) in [5.74, 6) is -4.74. The Morgan fingerprint density at radius 1 is 0.418 bits per heavy atom. The molecule has 0 aliphatic carbocycles. The van der Waals surface area contributed by atoms with Crippen molar-refractivity contribution in [1.82, 2.24) is 10.6 Å². The van der Waals surface area contributed by atoms with Crippen LogP contribution >= 0.6 is 15.6 Å². The van der Waals surface area contributed by atoms with Crippen LogP contribution in [0.3, 0.4) is 0 Å². The number of hydrogen-bond acceptors (Lipinski definition) is 21. The van der Waals surface area contributed by atoms with E-state index in [9.17, 15) is 77.9 Å². The molecule has 1 aliphatic rings. The molecule has 0 aromatic rings. The Labute approximate surface area is 737 Å². The largest absolute Gasteiger partial charge is 0.472 e. The molecule has 0 aromatic heterocycles. The van der Waals surface area contributed by atoms with E-state index in [4.69, 9.17) is 42.2 Å². The van der Waals surface area contributed by atoms with Crippen molar-refractivity contribution in [2.45, 2.75) is 539 Å². The second-order valence-electron chi connectivity index (χ2n) is 34.9. The van der Waals surface area contributed by atoms with Gasteiger partial charge in [0.25, 0.3) is 0 Å². The Kier molecular flexibility index (Phi) is 74.3. The molecule has 3 unspecified atom stereocenters. The van der Waals surface area contributed by atoms with Gasteiger partial charge in [-0.05, 0) is 58.3 Å². The fourth-order valence-corrected chi connectivity index (χ4v) is 16.7. The molecule has 122 heavy (non-hydrogen) atoms. The number of amides is 2. The van der Waals surface area contributed by atoms with Gasteiger partial charge in [0.1, 0.15) is 49.2 Å². The summed E-state index contributed by atoms with van der Waals surface area (Å²) in [4.78, 5) is 127. The average Bonchev–Trinajstić information content (AvgIpc) is 0.783. The molecule has 0 spiro atoms. The molecular weight excluding hydrogens is 1610 g/mol. The monoisotopic (exact) mass is 1790 g/mol. The number of nitrogens with one attached hydrogen (secondary N) is 2. The lowest BCUT2D eigenvalue weighted by molar-refractivity contribution is -0.276. The van der Waals surface area contributed by atoms with E-state index in [1.807, 2.05) is 0 Å². The van der Waals surface area contributed by atoms with Crippen molar-refractivity contribution in [1.29, 1.82) is 0 Å². The lowest BCUT2D eigenvalue weighted by Crippen LogP contribution is -2.66. The maximum Gasteiger partial charge on any atom is 0.472 e. The Bertz CT molecular complexity index is 2640. The Morgan fingerprint density at radius 2 is 0.754 bits per heavy atom. The highest BCUT2D eigenvalue weighted by atomic mass is 31.2. The van der Waals surface area contributed by atoms with Crippen LogP contribution in [0.2, 0.25) is 0 Å². The first-order valence-corrected chi connectivity index (χ1v) is 52.2. The maximum absolute atomic E-state index is 14.9. The van der Waals surface area contributed by atoms with Crippen LogP contribution in [-0.2, 0) is 80.1 Å². The minimum absolute atomic E-state index is 0.101. The summed E-state index contributed by atoms with van der Waals surface area (Å²) in [5, 5.41) is 51.6. The van der Waals surface area contributed by atoms with Gasteiger partial charge in [-0.2, -0.15) is 0 Å². The first-order valence-electron chi connectivity index (χ1n) is 49.1. The van der Waals surface area contributed by atoms with Gasteiger partial charge < -0.3 is 83.8 Å². The van der Waals surface area contributed by atoms with Crippen molar-refractivity contribution in [2.24, 2.45) is 0 Å². The summed E-state index contributed by atoms with van der Waals surface area (Å²) in [6.07, 6.45) is 35.0. The number of rotatable bonds is 87. The van der Waals surface area contributed by atoms with Crippen molar-refractivity contribution in [3.05, 3.63) is 0 Å². The van der Waals surface area contributed by atoms with Gasteiger partial charge in [0, 0.05) is 12.8 Å². The predicted octanol–water partition coefficient (Wildman–Crippen LogP) is 20.5. The number of aliphatic hydroxyl groups excluding tert-OH is 4. The van der Waals surface area contributed by atoms with Crippen LogP contribution in [0.4, 0.5) is 0 Å². The minimum Gasteiger partial charge on any atom is -0.463 e. The molecule has 0 aromatic carbocycles. The van der Waals surface area contributed by atoms with E-state index in [1.165, 1.54) is 51.4 Å². The molecule has 0 radical (unpaired) electrons. The quantitative estimate of drug-likeness (QED) is 0.00889. The van der Waals surface area contributed by atoms with Crippen LogP contribution in [0.15, 0.2) is 0 Å². The van der Waals surface area contributed by atoms with Gasteiger partial charge in [-0.1, -0.05) is 363 Å². The Balaban J connectivity index is 4.15. The Morgan fingerprint density at radius 3 is 1.11 bits per heavy atom. The molecule has 2 amide bonds. The molecule has 0 saturated carbocycles. The van der Waals surface area contributed by atoms with Gasteiger partial charge in [0.15, 0.2) is 18.7 Å². The highest BCUT2D eigenvalue weighted by molar-refractivity contribution is 7.46. The second-order valence-corrected chi connectivity index (χ2v) is 37.3. The van der Waals surface area contributed by atoms with Gasteiger partial charge in [-0.3, -0.25) is 37.8 Å². The fraction of sp³-hybridized carbons (Fsp3) is 0.935. The molecular formula is C93H178N2O25P2. The lowest BCUT2D eigenvalue weighted by Gasteiger charge is -2.44. The predicted molar refractivity (Wildman–Crippen MR) is 478 cm³/mol. The SMILES string of the molecule is CCCCCCCCCCCC(=O)O[C@H](CCCCCCCCCCC)CC(=O)NC1[C@@H](OP(=O)(O)O)OC(CO[C@H](OC(CO)[C@H](C)OP(=O)(O)O)[C@H](COC(=O)C[C@H](O)CCCCCCCCCCC)NC(=O)C[C@@H](CCCCCCCCCCC)OC(=O)CCCCCCCCCCC)[C@@H](O)[C@@H]1OC(=O)C[C@H](O)CCCCCCCCCCC. The molecule has 1 rings (SSSR count). The number of aliphatic hydroxyl groups is 4. The number of esters is 4. The third-order valence-electron chi connectivity index (χ3n) is 23.1. The zero-order valence-corrected chi connectivity index (χ0v) is 79.1.